The fourth-order valence-corrected chi connectivity index (χ4v) is 2.76. The average Bonchev–Trinajstić information content (AvgIpc) is 3.03. The molecule has 2 aromatic heterocycles. The first-order valence-electron chi connectivity index (χ1n) is 7.18. The molecule has 23 heavy (non-hydrogen) atoms. The molecular weight excluding hydrogens is 330 g/mol. The monoisotopic (exact) mass is 347 g/mol. The number of aromatic nitrogens is 2. The van der Waals surface area contributed by atoms with Gasteiger partial charge in [-0.25, -0.2) is 9.97 Å². The number of pyridine rings is 1. The van der Waals surface area contributed by atoms with Crippen molar-refractivity contribution in [3.8, 4) is 5.75 Å². The molecule has 0 radical (unpaired) electrons. The van der Waals surface area contributed by atoms with Gasteiger partial charge in [-0.1, -0.05) is 37.3 Å². The van der Waals surface area contributed by atoms with Crippen LogP contribution >= 0.6 is 23.7 Å². The van der Waals surface area contributed by atoms with Gasteiger partial charge in [-0.2, -0.15) is 0 Å². The first-order valence-corrected chi connectivity index (χ1v) is 8.06. The summed E-state index contributed by atoms with van der Waals surface area (Å²) >= 11 is 1.57. The van der Waals surface area contributed by atoms with Gasteiger partial charge in [0.15, 0.2) is 16.7 Å². The van der Waals surface area contributed by atoms with Crippen LogP contribution in [-0.2, 0) is 13.0 Å². The largest absolute Gasteiger partial charge is 0.485 e. The Labute approximate surface area is 146 Å². The van der Waals surface area contributed by atoms with Crippen LogP contribution in [0.1, 0.15) is 18.2 Å². The van der Waals surface area contributed by atoms with E-state index in [1.54, 1.807) is 17.5 Å². The lowest BCUT2D eigenvalue weighted by atomic mass is 10.2. The second-order valence-electron chi connectivity index (χ2n) is 4.75. The van der Waals surface area contributed by atoms with E-state index >= 15 is 0 Å². The number of benzene rings is 1. The van der Waals surface area contributed by atoms with Crippen molar-refractivity contribution >= 4 is 34.7 Å². The van der Waals surface area contributed by atoms with Crippen molar-refractivity contribution in [3.05, 3.63) is 65.3 Å². The Bertz CT molecular complexity index is 733. The van der Waals surface area contributed by atoms with Crippen molar-refractivity contribution in [2.75, 3.05) is 5.32 Å². The van der Waals surface area contributed by atoms with Crippen LogP contribution in [0, 0.1) is 0 Å². The highest BCUT2D eigenvalue weighted by molar-refractivity contribution is 7.13. The van der Waals surface area contributed by atoms with Gasteiger partial charge in [0.1, 0.15) is 6.61 Å². The van der Waals surface area contributed by atoms with E-state index in [2.05, 4.69) is 27.6 Å². The fourth-order valence-electron chi connectivity index (χ4n) is 1.96. The quantitative estimate of drug-likeness (QED) is 0.692. The van der Waals surface area contributed by atoms with Gasteiger partial charge in [0, 0.05) is 11.6 Å². The van der Waals surface area contributed by atoms with E-state index in [4.69, 9.17) is 4.74 Å². The summed E-state index contributed by atoms with van der Waals surface area (Å²) in [5.41, 5.74) is 2.20. The maximum Gasteiger partial charge on any atom is 0.188 e. The smallest absolute Gasteiger partial charge is 0.188 e. The number of anilines is 2. The minimum atomic E-state index is 0. The zero-order valence-corrected chi connectivity index (χ0v) is 14.4. The van der Waals surface area contributed by atoms with Crippen LogP contribution in [0.4, 0.5) is 10.9 Å². The van der Waals surface area contributed by atoms with Crippen molar-refractivity contribution in [2.24, 2.45) is 0 Å². The lowest BCUT2D eigenvalue weighted by molar-refractivity contribution is 0.307. The Hall–Kier alpha value is -2.11. The van der Waals surface area contributed by atoms with Crippen molar-refractivity contribution in [2.45, 2.75) is 20.0 Å². The predicted octanol–water partition coefficient (Wildman–Crippen LogP) is 4.84. The van der Waals surface area contributed by atoms with Crippen molar-refractivity contribution in [1.29, 1.82) is 0 Å². The first-order chi connectivity index (χ1) is 10.8. The lowest BCUT2D eigenvalue weighted by Gasteiger charge is -2.10. The maximum atomic E-state index is 5.88. The van der Waals surface area contributed by atoms with Crippen LogP contribution in [0.2, 0.25) is 0 Å². The SMILES string of the molecule is CCc1csc(Nc2ncccc2OCc2ccccc2)n1.Cl. The Morgan fingerprint density at radius 3 is 2.70 bits per heavy atom. The van der Waals surface area contributed by atoms with Gasteiger partial charge in [-0.3, -0.25) is 0 Å². The second-order valence-corrected chi connectivity index (χ2v) is 5.61. The molecule has 1 N–H and O–H groups in total. The average molecular weight is 348 g/mol. The Balaban J connectivity index is 0.00000192. The molecular formula is C17H18ClN3OS. The molecule has 0 unspecified atom stereocenters. The van der Waals surface area contributed by atoms with Gasteiger partial charge in [0.05, 0.1) is 5.69 Å². The highest BCUT2D eigenvalue weighted by atomic mass is 35.5. The molecule has 0 aliphatic carbocycles. The fraction of sp³-hybridized carbons (Fsp3) is 0.176. The molecule has 4 nitrogen and oxygen atoms in total. The number of rotatable bonds is 6. The summed E-state index contributed by atoms with van der Waals surface area (Å²) in [7, 11) is 0. The molecule has 0 spiro atoms. The minimum Gasteiger partial charge on any atom is -0.485 e. The van der Waals surface area contributed by atoms with Crippen LogP contribution < -0.4 is 10.1 Å². The third kappa shape index (κ3) is 4.68. The number of thiazole rings is 1. The second kappa shape index (κ2) is 8.50. The Morgan fingerprint density at radius 1 is 1.13 bits per heavy atom. The van der Waals surface area contributed by atoms with Gasteiger partial charge >= 0.3 is 0 Å². The van der Waals surface area contributed by atoms with E-state index in [1.807, 2.05) is 42.5 Å². The number of ether oxygens (including phenoxy) is 1. The molecule has 0 saturated carbocycles. The lowest BCUT2D eigenvalue weighted by Crippen LogP contribution is -2.00. The summed E-state index contributed by atoms with van der Waals surface area (Å²) < 4.78 is 5.88. The van der Waals surface area contributed by atoms with Crippen LogP contribution in [0.3, 0.4) is 0 Å². The minimum absolute atomic E-state index is 0. The summed E-state index contributed by atoms with van der Waals surface area (Å²) in [6.07, 6.45) is 2.67. The molecule has 0 amide bonds. The number of nitrogens with one attached hydrogen (secondary N) is 1. The van der Waals surface area contributed by atoms with Crippen molar-refractivity contribution < 1.29 is 4.74 Å². The van der Waals surface area contributed by atoms with E-state index in [1.165, 1.54) is 0 Å². The molecule has 0 fully saturated rings. The van der Waals surface area contributed by atoms with Gasteiger partial charge in [0.2, 0.25) is 0 Å². The molecule has 0 aliphatic rings. The van der Waals surface area contributed by atoms with Gasteiger partial charge in [-0.05, 0) is 24.1 Å². The molecule has 0 aliphatic heterocycles. The molecule has 0 atom stereocenters. The molecule has 0 bridgehead atoms. The molecule has 0 saturated heterocycles. The molecule has 3 aromatic rings. The Kier molecular flexibility index (Phi) is 6.38. The summed E-state index contributed by atoms with van der Waals surface area (Å²) in [4.78, 5) is 8.85. The highest BCUT2D eigenvalue weighted by Gasteiger charge is 2.08. The third-order valence-corrected chi connectivity index (χ3v) is 3.95. The summed E-state index contributed by atoms with van der Waals surface area (Å²) in [5.74, 6) is 1.41. The summed E-state index contributed by atoms with van der Waals surface area (Å²) in [6, 6.07) is 13.9. The van der Waals surface area contributed by atoms with E-state index in [0.29, 0.717) is 12.4 Å². The van der Waals surface area contributed by atoms with Crippen LogP contribution in [0.5, 0.6) is 5.75 Å². The molecule has 3 rings (SSSR count). The van der Waals surface area contributed by atoms with Crippen LogP contribution in [0.25, 0.3) is 0 Å². The third-order valence-electron chi connectivity index (χ3n) is 3.15. The zero-order chi connectivity index (χ0) is 15.2. The molecule has 6 heteroatoms. The van der Waals surface area contributed by atoms with E-state index in [-0.39, 0.29) is 12.4 Å². The molecule has 1 aromatic carbocycles. The van der Waals surface area contributed by atoms with Crippen molar-refractivity contribution in [3.63, 3.8) is 0 Å². The topological polar surface area (TPSA) is 47.0 Å². The zero-order valence-electron chi connectivity index (χ0n) is 12.7. The summed E-state index contributed by atoms with van der Waals surface area (Å²) in [6.45, 7) is 2.60. The normalized spacial score (nSPS) is 9.96. The van der Waals surface area contributed by atoms with Gasteiger partial charge in [0.25, 0.3) is 0 Å². The van der Waals surface area contributed by atoms with Crippen LogP contribution in [0.15, 0.2) is 54.0 Å². The molecule has 2 heterocycles. The van der Waals surface area contributed by atoms with Crippen LogP contribution in [-0.4, -0.2) is 9.97 Å². The van der Waals surface area contributed by atoms with E-state index in [0.717, 1.165) is 28.6 Å². The highest BCUT2D eigenvalue weighted by Crippen LogP contribution is 2.27. The number of hydrogen-bond donors (Lipinski definition) is 1. The van der Waals surface area contributed by atoms with E-state index in [9.17, 15) is 0 Å². The van der Waals surface area contributed by atoms with Gasteiger partial charge in [-0.15, -0.1) is 23.7 Å². The summed E-state index contributed by atoms with van der Waals surface area (Å²) in [5, 5.41) is 6.12. The number of nitrogens with zero attached hydrogens (tertiary/aromatic N) is 2. The number of aryl methyl sites for hydroxylation is 1. The number of halogens is 1. The predicted molar refractivity (Wildman–Crippen MR) is 97.0 cm³/mol. The maximum absolute atomic E-state index is 5.88. The van der Waals surface area contributed by atoms with E-state index < -0.39 is 0 Å². The standard InChI is InChI=1S/C17H17N3OS.ClH/c1-2-14-12-22-17(19-14)20-16-15(9-6-10-18-16)21-11-13-7-4-3-5-8-13;/h3-10,12H,2,11H2,1H3,(H,18,19,20);1H. The number of hydrogen-bond acceptors (Lipinski definition) is 5. The first kappa shape index (κ1) is 17.2. The van der Waals surface area contributed by atoms with Gasteiger partial charge < -0.3 is 10.1 Å². The van der Waals surface area contributed by atoms with Crippen molar-refractivity contribution in [1.82, 2.24) is 9.97 Å². The molecule has 120 valence electrons. The Morgan fingerprint density at radius 2 is 1.96 bits per heavy atom.